The number of rotatable bonds is 4. The Kier molecular flexibility index (Phi) is 3.78. The first-order valence-corrected chi connectivity index (χ1v) is 6.56. The largest absolute Gasteiger partial charge is 0.455 e. The molecule has 0 N–H and O–H groups in total. The molecule has 0 aliphatic rings. The maximum atomic E-state index is 11.8. The molecular formula is C17H13NO3. The van der Waals surface area contributed by atoms with Crippen molar-refractivity contribution >= 4 is 5.97 Å². The van der Waals surface area contributed by atoms with Crippen molar-refractivity contribution in [2.75, 3.05) is 0 Å². The van der Waals surface area contributed by atoms with Gasteiger partial charge in [0.25, 0.3) is 0 Å². The van der Waals surface area contributed by atoms with E-state index in [0.29, 0.717) is 17.0 Å². The predicted octanol–water partition coefficient (Wildman–Crippen LogP) is 3.70. The number of hydrogen-bond acceptors (Lipinski definition) is 4. The van der Waals surface area contributed by atoms with Gasteiger partial charge in [-0.25, -0.2) is 4.79 Å². The second-order valence-corrected chi connectivity index (χ2v) is 4.49. The zero-order valence-corrected chi connectivity index (χ0v) is 11.2. The lowest BCUT2D eigenvalue weighted by atomic mass is 10.2. The van der Waals surface area contributed by atoms with Gasteiger partial charge in [0.2, 0.25) is 0 Å². The van der Waals surface area contributed by atoms with Gasteiger partial charge in [0, 0.05) is 11.6 Å². The second-order valence-electron chi connectivity index (χ2n) is 4.49. The van der Waals surface area contributed by atoms with Gasteiger partial charge in [0.05, 0.1) is 5.56 Å². The van der Waals surface area contributed by atoms with Crippen LogP contribution in [0.15, 0.2) is 71.3 Å². The van der Waals surface area contributed by atoms with E-state index in [1.165, 1.54) is 0 Å². The molecule has 3 rings (SSSR count). The Morgan fingerprint density at radius 2 is 1.67 bits per heavy atom. The van der Waals surface area contributed by atoms with Crippen LogP contribution in [-0.2, 0) is 11.3 Å². The summed E-state index contributed by atoms with van der Waals surface area (Å²) in [6.45, 7) is 0.0874. The fourth-order valence-electron chi connectivity index (χ4n) is 1.92. The first-order valence-electron chi connectivity index (χ1n) is 6.56. The minimum absolute atomic E-state index is 0.0874. The normalized spacial score (nSPS) is 10.3. The van der Waals surface area contributed by atoms with Gasteiger partial charge in [-0.3, -0.25) is 0 Å². The number of nitrogens with zero attached hydrogens (tertiary/aromatic N) is 1. The number of carbonyl (C=O) groups excluding carboxylic acids is 1. The lowest BCUT2D eigenvalue weighted by Crippen LogP contribution is -2.04. The SMILES string of the molecule is O=C(OCc1cc(-c2ccccc2)on1)c1ccccc1. The number of hydrogen-bond donors (Lipinski definition) is 0. The molecule has 21 heavy (non-hydrogen) atoms. The number of aromatic nitrogens is 1. The standard InChI is InChI=1S/C17H13NO3/c19-17(14-9-5-2-6-10-14)20-12-15-11-16(21-18-15)13-7-3-1-4-8-13/h1-11H,12H2. The van der Waals surface area contributed by atoms with Gasteiger partial charge in [0.1, 0.15) is 12.3 Å². The molecule has 0 bridgehead atoms. The highest BCUT2D eigenvalue weighted by molar-refractivity contribution is 5.89. The van der Waals surface area contributed by atoms with E-state index in [4.69, 9.17) is 9.26 Å². The molecule has 1 aromatic heterocycles. The molecule has 0 aliphatic carbocycles. The van der Waals surface area contributed by atoms with Crippen LogP contribution in [0.3, 0.4) is 0 Å². The average molecular weight is 279 g/mol. The molecule has 0 spiro atoms. The summed E-state index contributed by atoms with van der Waals surface area (Å²) in [5.41, 5.74) is 2.04. The molecule has 0 atom stereocenters. The predicted molar refractivity (Wildman–Crippen MR) is 77.5 cm³/mol. The van der Waals surface area contributed by atoms with Gasteiger partial charge in [-0.15, -0.1) is 0 Å². The van der Waals surface area contributed by atoms with Crippen molar-refractivity contribution in [2.45, 2.75) is 6.61 Å². The van der Waals surface area contributed by atoms with Crippen LogP contribution in [0, 0.1) is 0 Å². The zero-order valence-electron chi connectivity index (χ0n) is 11.2. The summed E-state index contributed by atoms with van der Waals surface area (Å²) in [6, 6.07) is 20.3. The number of esters is 1. The van der Waals surface area contributed by atoms with Gasteiger partial charge in [-0.05, 0) is 12.1 Å². The Morgan fingerprint density at radius 1 is 1.00 bits per heavy atom. The molecule has 104 valence electrons. The highest BCUT2D eigenvalue weighted by Gasteiger charge is 2.10. The Labute approximate surface area is 122 Å². The Balaban J connectivity index is 1.64. The van der Waals surface area contributed by atoms with Crippen LogP contribution in [-0.4, -0.2) is 11.1 Å². The smallest absolute Gasteiger partial charge is 0.338 e. The van der Waals surface area contributed by atoms with Gasteiger partial charge in [-0.1, -0.05) is 53.7 Å². The van der Waals surface area contributed by atoms with E-state index in [-0.39, 0.29) is 12.6 Å². The molecule has 0 amide bonds. The van der Waals surface area contributed by atoms with Crippen molar-refractivity contribution in [2.24, 2.45) is 0 Å². The molecule has 0 aliphatic heterocycles. The maximum absolute atomic E-state index is 11.8. The lowest BCUT2D eigenvalue weighted by molar-refractivity contribution is 0.0464. The fourth-order valence-corrected chi connectivity index (χ4v) is 1.92. The van der Waals surface area contributed by atoms with E-state index in [9.17, 15) is 4.79 Å². The fraction of sp³-hybridized carbons (Fsp3) is 0.0588. The summed E-state index contributed by atoms with van der Waals surface area (Å²) < 4.78 is 10.4. The van der Waals surface area contributed by atoms with Crippen molar-refractivity contribution in [3.05, 3.63) is 78.0 Å². The van der Waals surface area contributed by atoms with E-state index in [1.807, 2.05) is 36.4 Å². The van der Waals surface area contributed by atoms with Crippen LogP contribution in [0.4, 0.5) is 0 Å². The molecule has 2 aromatic carbocycles. The van der Waals surface area contributed by atoms with E-state index in [1.54, 1.807) is 30.3 Å². The molecular weight excluding hydrogens is 266 g/mol. The number of ether oxygens (including phenoxy) is 1. The first kappa shape index (κ1) is 13.1. The monoisotopic (exact) mass is 279 g/mol. The van der Waals surface area contributed by atoms with Gasteiger partial charge < -0.3 is 9.26 Å². The van der Waals surface area contributed by atoms with Crippen molar-refractivity contribution in [1.82, 2.24) is 5.16 Å². The second kappa shape index (κ2) is 6.05. The molecule has 0 saturated carbocycles. The van der Waals surface area contributed by atoms with Crippen molar-refractivity contribution in [3.8, 4) is 11.3 Å². The molecule has 0 saturated heterocycles. The average Bonchev–Trinajstić information content (AvgIpc) is 3.03. The van der Waals surface area contributed by atoms with Crippen molar-refractivity contribution < 1.29 is 14.1 Å². The van der Waals surface area contributed by atoms with Gasteiger partial charge >= 0.3 is 5.97 Å². The van der Waals surface area contributed by atoms with Crippen LogP contribution in [0.25, 0.3) is 11.3 Å². The molecule has 3 aromatic rings. The quantitative estimate of drug-likeness (QED) is 0.683. The summed E-state index contributed by atoms with van der Waals surface area (Å²) >= 11 is 0. The van der Waals surface area contributed by atoms with E-state index in [0.717, 1.165) is 5.56 Å². The summed E-state index contributed by atoms with van der Waals surface area (Å²) in [4.78, 5) is 11.8. The van der Waals surface area contributed by atoms with Crippen molar-refractivity contribution in [1.29, 1.82) is 0 Å². The van der Waals surface area contributed by atoms with Crippen LogP contribution >= 0.6 is 0 Å². The Bertz CT molecular complexity index is 720. The molecule has 1 heterocycles. The van der Waals surface area contributed by atoms with Crippen LogP contribution in [0.5, 0.6) is 0 Å². The zero-order chi connectivity index (χ0) is 14.5. The lowest BCUT2D eigenvalue weighted by Gasteiger charge is -2.01. The molecule has 0 radical (unpaired) electrons. The van der Waals surface area contributed by atoms with Crippen LogP contribution in [0.2, 0.25) is 0 Å². The third-order valence-corrected chi connectivity index (χ3v) is 2.98. The van der Waals surface area contributed by atoms with Crippen LogP contribution < -0.4 is 0 Å². The van der Waals surface area contributed by atoms with E-state index < -0.39 is 0 Å². The van der Waals surface area contributed by atoms with Gasteiger partial charge in [-0.2, -0.15) is 0 Å². The maximum Gasteiger partial charge on any atom is 0.338 e. The third kappa shape index (κ3) is 3.17. The first-order chi connectivity index (χ1) is 10.3. The minimum Gasteiger partial charge on any atom is -0.455 e. The van der Waals surface area contributed by atoms with Crippen LogP contribution in [0.1, 0.15) is 16.1 Å². The van der Waals surface area contributed by atoms with Gasteiger partial charge in [0.15, 0.2) is 5.76 Å². The summed E-state index contributed by atoms with van der Waals surface area (Å²) in [7, 11) is 0. The Hall–Kier alpha value is -2.88. The summed E-state index contributed by atoms with van der Waals surface area (Å²) in [5.74, 6) is 0.279. The van der Waals surface area contributed by atoms with Crippen molar-refractivity contribution in [3.63, 3.8) is 0 Å². The molecule has 4 heteroatoms. The number of benzene rings is 2. The number of carbonyl (C=O) groups is 1. The Morgan fingerprint density at radius 3 is 2.38 bits per heavy atom. The van der Waals surface area contributed by atoms with E-state index in [2.05, 4.69) is 5.16 Å². The third-order valence-electron chi connectivity index (χ3n) is 2.98. The van der Waals surface area contributed by atoms with E-state index >= 15 is 0 Å². The molecule has 0 unspecified atom stereocenters. The topological polar surface area (TPSA) is 52.3 Å². The highest BCUT2D eigenvalue weighted by Crippen LogP contribution is 2.20. The minimum atomic E-state index is -0.375. The summed E-state index contributed by atoms with van der Waals surface area (Å²) in [5, 5.41) is 3.91. The molecule has 4 nitrogen and oxygen atoms in total. The molecule has 0 fully saturated rings. The summed E-state index contributed by atoms with van der Waals surface area (Å²) in [6.07, 6.45) is 0. The highest BCUT2D eigenvalue weighted by atomic mass is 16.5.